The van der Waals surface area contributed by atoms with Gasteiger partial charge in [0.1, 0.15) is 7.85 Å². The topological polar surface area (TPSA) is 29.1 Å². The summed E-state index contributed by atoms with van der Waals surface area (Å²) in [5, 5.41) is 2.83. The third kappa shape index (κ3) is 3.25. The summed E-state index contributed by atoms with van der Waals surface area (Å²) in [4.78, 5) is 11.5. The van der Waals surface area contributed by atoms with Gasteiger partial charge in [0.2, 0.25) is 0 Å². The molecule has 1 rings (SSSR count). The molecule has 0 heterocycles. The maximum Gasteiger partial charge on any atom is 0.251 e. The van der Waals surface area contributed by atoms with Gasteiger partial charge in [0.25, 0.3) is 5.91 Å². The lowest BCUT2D eigenvalue weighted by molar-refractivity contribution is 0.0949. The summed E-state index contributed by atoms with van der Waals surface area (Å²) >= 11 is 0. The van der Waals surface area contributed by atoms with Crippen molar-refractivity contribution in [2.24, 2.45) is 5.92 Å². The van der Waals surface area contributed by atoms with Gasteiger partial charge in [0.05, 0.1) is 0 Å². The van der Waals surface area contributed by atoms with Gasteiger partial charge in [-0.25, -0.2) is 0 Å². The second-order valence-electron chi connectivity index (χ2n) is 3.73. The number of benzene rings is 1. The number of amides is 1. The predicted molar refractivity (Wildman–Crippen MR) is 59.0 cm³/mol. The Morgan fingerprint density at radius 2 is 2.21 bits per heavy atom. The molecule has 0 aliphatic rings. The van der Waals surface area contributed by atoms with Crippen molar-refractivity contribution in [2.45, 2.75) is 13.8 Å². The van der Waals surface area contributed by atoms with E-state index in [4.69, 9.17) is 7.85 Å². The Hall–Kier alpha value is -1.25. The molecule has 2 nitrogen and oxygen atoms in total. The van der Waals surface area contributed by atoms with Crippen LogP contribution in [-0.4, -0.2) is 20.3 Å². The van der Waals surface area contributed by atoms with Crippen LogP contribution in [0.2, 0.25) is 0 Å². The van der Waals surface area contributed by atoms with Crippen molar-refractivity contribution in [1.82, 2.24) is 5.32 Å². The van der Waals surface area contributed by atoms with Crippen LogP contribution in [0.1, 0.15) is 24.2 Å². The van der Waals surface area contributed by atoms with Crippen molar-refractivity contribution in [3.05, 3.63) is 29.8 Å². The van der Waals surface area contributed by atoms with Crippen LogP contribution in [0.15, 0.2) is 24.3 Å². The molecule has 0 aromatic heterocycles. The van der Waals surface area contributed by atoms with E-state index < -0.39 is 0 Å². The van der Waals surface area contributed by atoms with Crippen molar-refractivity contribution in [3.63, 3.8) is 0 Å². The summed E-state index contributed by atoms with van der Waals surface area (Å²) in [7, 11) is 5.57. The van der Waals surface area contributed by atoms with E-state index in [2.05, 4.69) is 19.2 Å². The fourth-order valence-electron chi connectivity index (χ4n) is 1.08. The molecule has 3 heteroatoms. The smallest absolute Gasteiger partial charge is 0.251 e. The van der Waals surface area contributed by atoms with Crippen LogP contribution in [0, 0.1) is 5.92 Å². The number of hydrogen-bond donors (Lipinski definition) is 1. The summed E-state index contributed by atoms with van der Waals surface area (Å²) in [6.07, 6.45) is 0. The van der Waals surface area contributed by atoms with Crippen molar-refractivity contribution >= 4 is 19.2 Å². The lowest BCUT2D eigenvalue weighted by atomic mass is 9.94. The van der Waals surface area contributed by atoms with E-state index in [1.54, 1.807) is 24.3 Å². The Bertz CT molecular complexity index is 323. The highest BCUT2D eigenvalue weighted by atomic mass is 16.1. The zero-order valence-electron chi connectivity index (χ0n) is 8.58. The summed E-state index contributed by atoms with van der Waals surface area (Å²) in [5.41, 5.74) is 1.23. The summed E-state index contributed by atoms with van der Waals surface area (Å²) in [6.45, 7) is 4.80. The third-order valence-corrected chi connectivity index (χ3v) is 1.82. The van der Waals surface area contributed by atoms with Crippen molar-refractivity contribution in [1.29, 1.82) is 0 Å². The Kier molecular flexibility index (Phi) is 3.75. The van der Waals surface area contributed by atoms with Crippen LogP contribution in [0.5, 0.6) is 0 Å². The molecule has 0 spiro atoms. The van der Waals surface area contributed by atoms with E-state index in [0.717, 1.165) is 0 Å². The van der Waals surface area contributed by atoms with Gasteiger partial charge in [-0.05, 0) is 12.0 Å². The first-order chi connectivity index (χ1) is 6.59. The minimum atomic E-state index is -0.0639. The molecule has 0 bridgehead atoms. The lowest BCUT2D eigenvalue weighted by Gasteiger charge is -2.07. The molecule has 1 N–H and O–H groups in total. The predicted octanol–water partition coefficient (Wildman–Crippen LogP) is 0.866. The van der Waals surface area contributed by atoms with Crippen molar-refractivity contribution in [3.8, 4) is 0 Å². The number of carbonyl (C=O) groups excluding carboxylic acids is 1. The fourth-order valence-corrected chi connectivity index (χ4v) is 1.08. The fraction of sp³-hybridized carbons (Fsp3) is 0.364. The minimum Gasteiger partial charge on any atom is -0.352 e. The number of rotatable bonds is 3. The molecular formula is C11H14BNO. The van der Waals surface area contributed by atoms with Crippen LogP contribution in [0.4, 0.5) is 0 Å². The second kappa shape index (κ2) is 4.84. The average molecular weight is 187 g/mol. The van der Waals surface area contributed by atoms with E-state index in [0.29, 0.717) is 23.5 Å². The highest BCUT2D eigenvalue weighted by molar-refractivity contribution is 6.32. The van der Waals surface area contributed by atoms with Crippen LogP contribution in [0.3, 0.4) is 0 Å². The van der Waals surface area contributed by atoms with Gasteiger partial charge >= 0.3 is 0 Å². The molecule has 2 radical (unpaired) electrons. The van der Waals surface area contributed by atoms with Gasteiger partial charge in [-0.1, -0.05) is 37.5 Å². The maximum atomic E-state index is 11.5. The standard InChI is InChI=1S/C11H14BNO/c1-8(2)7-13-11(14)9-4-3-5-10(12)6-9/h3-6,8H,7H2,1-2H3,(H,13,14). The molecule has 0 unspecified atom stereocenters. The largest absolute Gasteiger partial charge is 0.352 e. The molecule has 1 amide bonds. The molecular weight excluding hydrogens is 173 g/mol. The monoisotopic (exact) mass is 187 g/mol. The Morgan fingerprint density at radius 1 is 1.50 bits per heavy atom. The van der Waals surface area contributed by atoms with Crippen LogP contribution in [-0.2, 0) is 0 Å². The second-order valence-corrected chi connectivity index (χ2v) is 3.73. The molecule has 1 aromatic carbocycles. The number of carbonyl (C=O) groups is 1. The number of hydrogen-bond acceptors (Lipinski definition) is 1. The SMILES string of the molecule is [B]c1cccc(C(=O)NCC(C)C)c1. The van der Waals surface area contributed by atoms with Gasteiger partial charge in [-0.2, -0.15) is 0 Å². The van der Waals surface area contributed by atoms with Gasteiger partial charge in [-0.15, -0.1) is 0 Å². The quantitative estimate of drug-likeness (QED) is 0.698. The van der Waals surface area contributed by atoms with Crippen LogP contribution in [0.25, 0.3) is 0 Å². The van der Waals surface area contributed by atoms with E-state index >= 15 is 0 Å². The van der Waals surface area contributed by atoms with E-state index in [1.165, 1.54) is 0 Å². The molecule has 0 saturated carbocycles. The molecule has 1 aromatic rings. The van der Waals surface area contributed by atoms with Gasteiger partial charge in [0.15, 0.2) is 0 Å². The Morgan fingerprint density at radius 3 is 2.79 bits per heavy atom. The normalized spacial score (nSPS) is 10.2. The summed E-state index contributed by atoms with van der Waals surface area (Å²) in [5.74, 6) is 0.394. The number of nitrogens with one attached hydrogen (secondary N) is 1. The van der Waals surface area contributed by atoms with Crippen LogP contribution < -0.4 is 10.8 Å². The van der Waals surface area contributed by atoms with E-state index in [1.807, 2.05) is 0 Å². The van der Waals surface area contributed by atoms with Gasteiger partial charge < -0.3 is 5.32 Å². The highest BCUT2D eigenvalue weighted by Crippen LogP contribution is 1.96. The molecule has 72 valence electrons. The maximum absolute atomic E-state index is 11.5. The highest BCUT2D eigenvalue weighted by Gasteiger charge is 2.04. The molecule has 0 aliphatic carbocycles. The minimum absolute atomic E-state index is 0.0639. The zero-order valence-corrected chi connectivity index (χ0v) is 8.58. The van der Waals surface area contributed by atoms with E-state index in [-0.39, 0.29) is 5.91 Å². The molecule has 0 atom stereocenters. The van der Waals surface area contributed by atoms with Gasteiger partial charge in [-0.3, -0.25) is 4.79 Å². The lowest BCUT2D eigenvalue weighted by Crippen LogP contribution is -2.27. The van der Waals surface area contributed by atoms with E-state index in [9.17, 15) is 4.79 Å². The third-order valence-electron chi connectivity index (χ3n) is 1.82. The Labute approximate surface area is 86.1 Å². The molecule has 0 aliphatic heterocycles. The van der Waals surface area contributed by atoms with Crippen molar-refractivity contribution < 1.29 is 4.79 Å². The molecule has 0 fully saturated rings. The van der Waals surface area contributed by atoms with Crippen molar-refractivity contribution in [2.75, 3.05) is 6.54 Å². The van der Waals surface area contributed by atoms with Crippen LogP contribution >= 0.6 is 0 Å². The first kappa shape index (κ1) is 10.8. The Balaban J connectivity index is 2.61. The average Bonchev–Trinajstić information content (AvgIpc) is 2.14. The molecule has 14 heavy (non-hydrogen) atoms. The molecule has 0 saturated heterocycles. The first-order valence-corrected chi connectivity index (χ1v) is 4.73. The zero-order chi connectivity index (χ0) is 10.6. The first-order valence-electron chi connectivity index (χ1n) is 4.73. The summed E-state index contributed by atoms with van der Waals surface area (Å²) in [6, 6.07) is 6.97. The van der Waals surface area contributed by atoms with Gasteiger partial charge in [0, 0.05) is 12.1 Å². The summed E-state index contributed by atoms with van der Waals surface area (Å²) < 4.78 is 0.